The molecule has 1 nitrogen and oxygen atoms in total. The van der Waals surface area contributed by atoms with Gasteiger partial charge in [-0.3, -0.25) is 0 Å². The summed E-state index contributed by atoms with van der Waals surface area (Å²) in [4.78, 5) is 0. The molecule has 0 saturated heterocycles. The topological polar surface area (TPSA) is 12.0 Å². The molecule has 0 aliphatic heterocycles. The monoisotopic (exact) mass is 189 g/mol. The van der Waals surface area contributed by atoms with Gasteiger partial charge < -0.3 is 5.32 Å². The maximum absolute atomic E-state index is 3.53. The maximum Gasteiger partial charge on any atom is 0.0129 e. The van der Waals surface area contributed by atoms with Crippen LogP contribution in [0.25, 0.3) is 0 Å². The highest BCUT2D eigenvalue weighted by molar-refractivity contribution is 7.99. The third kappa shape index (κ3) is 8.41. The van der Waals surface area contributed by atoms with Gasteiger partial charge in [-0.1, -0.05) is 26.7 Å². The highest BCUT2D eigenvalue weighted by Gasteiger charge is 1.98. The van der Waals surface area contributed by atoms with E-state index in [2.05, 4.69) is 26.1 Å². The fourth-order valence-electron chi connectivity index (χ4n) is 1.08. The van der Waals surface area contributed by atoms with Crippen LogP contribution in [0.15, 0.2) is 0 Å². The predicted molar refractivity (Wildman–Crippen MR) is 60.0 cm³/mol. The Morgan fingerprint density at radius 2 is 2.00 bits per heavy atom. The summed E-state index contributed by atoms with van der Waals surface area (Å²) in [5, 5.41) is 3.53. The first-order valence-corrected chi connectivity index (χ1v) is 6.27. The molecule has 0 aliphatic carbocycles. The highest BCUT2D eigenvalue weighted by Crippen LogP contribution is 2.01. The van der Waals surface area contributed by atoms with Gasteiger partial charge in [0.2, 0.25) is 0 Å². The Hall–Kier alpha value is 0.310. The first kappa shape index (κ1) is 12.3. The van der Waals surface area contributed by atoms with Gasteiger partial charge in [0.05, 0.1) is 0 Å². The summed E-state index contributed by atoms with van der Waals surface area (Å²) in [6.07, 6.45) is 4.01. The Kier molecular flexibility index (Phi) is 9.64. The van der Waals surface area contributed by atoms with Gasteiger partial charge in [0, 0.05) is 11.8 Å². The Morgan fingerprint density at radius 3 is 2.58 bits per heavy atom. The molecule has 2 heteroatoms. The molecule has 0 fully saturated rings. The molecule has 0 aromatic carbocycles. The zero-order valence-electron chi connectivity index (χ0n) is 8.73. The second-order valence-electron chi connectivity index (χ2n) is 3.22. The molecule has 0 amide bonds. The fourth-order valence-corrected chi connectivity index (χ4v) is 1.78. The van der Waals surface area contributed by atoms with Gasteiger partial charge in [-0.05, 0) is 25.6 Å². The average molecular weight is 189 g/mol. The second kappa shape index (κ2) is 9.40. The number of nitrogens with one attached hydrogen (secondary N) is 1. The lowest BCUT2D eigenvalue weighted by Crippen LogP contribution is -2.29. The van der Waals surface area contributed by atoms with Crippen LogP contribution >= 0.6 is 11.8 Å². The van der Waals surface area contributed by atoms with Crippen molar-refractivity contribution in [3.05, 3.63) is 0 Å². The van der Waals surface area contributed by atoms with Gasteiger partial charge in [-0.15, -0.1) is 0 Å². The molecule has 1 atom stereocenters. The lowest BCUT2D eigenvalue weighted by atomic mass is 10.2. The van der Waals surface area contributed by atoms with Crippen molar-refractivity contribution in [2.45, 2.75) is 46.1 Å². The van der Waals surface area contributed by atoms with E-state index in [1.54, 1.807) is 0 Å². The summed E-state index contributed by atoms with van der Waals surface area (Å²) in [5.41, 5.74) is 0. The molecule has 74 valence electrons. The highest BCUT2D eigenvalue weighted by atomic mass is 32.2. The summed E-state index contributed by atoms with van der Waals surface area (Å²) in [5.74, 6) is 2.49. The minimum absolute atomic E-state index is 0.687. The molecule has 0 saturated carbocycles. The van der Waals surface area contributed by atoms with Crippen molar-refractivity contribution in [3.63, 3.8) is 0 Å². The molecule has 0 aromatic rings. The van der Waals surface area contributed by atoms with Crippen molar-refractivity contribution in [2.75, 3.05) is 18.1 Å². The van der Waals surface area contributed by atoms with Gasteiger partial charge in [0.25, 0.3) is 0 Å². The van der Waals surface area contributed by atoms with E-state index in [0.717, 1.165) is 0 Å². The molecule has 0 aromatic heterocycles. The summed E-state index contributed by atoms with van der Waals surface area (Å²) in [6, 6.07) is 0.687. The molecule has 12 heavy (non-hydrogen) atoms. The summed E-state index contributed by atoms with van der Waals surface area (Å²) < 4.78 is 0. The van der Waals surface area contributed by atoms with E-state index in [-0.39, 0.29) is 0 Å². The average Bonchev–Trinajstić information content (AvgIpc) is 2.09. The van der Waals surface area contributed by atoms with Crippen LogP contribution in [0.2, 0.25) is 0 Å². The lowest BCUT2D eigenvalue weighted by Gasteiger charge is -2.12. The zero-order chi connectivity index (χ0) is 9.23. The van der Waals surface area contributed by atoms with Crippen LogP contribution < -0.4 is 5.32 Å². The molecule has 0 aliphatic rings. The molecule has 0 bridgehead atoms. The van der Waals surface area contributed by atoms with Gasteiger partial charge in [0.1, 0.15) is 0 Å². The largest absolute Gasteiger partial charge is 0.313 e. The minimum Gasteiger partial charge on any atom is -0.313 e. The fraction of sp³-hybridized carbons (Fsp3) is 1.00. The Bertz CT molecular complexity index is 85.9. The SMILES string of the molecule is CCCCCNC(C)CSCC. The molecule has 1 N–H and O–H groups in total. The zero-order valence-corrected chi connectivity index (χ0v) is 9.54. The molecule has 0 rings (SSSR count). The van der Waals surface area contributed by atoms with E-state index in [0.29, 0.717) is 6.04 Å². The third-order valence-electron chi connectivity index (χ3n) is 1.85. The maximum atomic E-state index is 3.53. The van der Waals surface area contributed by atoms with Gasteiger partial charge in [-0.2, -0.15) is 11.8 Å². The normalized spacial score (nSPS) is 13.2. The number of rotatable bonds is 8. The first-order chi connectivity index (χ1) is 5.81. The van der Waals surface area contributed by atoms with E-state index in [1.165, 1.54) is 37.3 Å². The van der Waals surface area contributed by atoms with Crippen LogP contribution in [0.3, 0.4) is 0 Å². The minimum atomic E-state index is 0.687. The summed E-state index contributed by atoms with van der Waals surface area (Å²) in [6.45, 7) is 7.93. The van der Waals surface area contributed by atoms with Crippen molar-refractivity contribution in [3.8, 4) is 0 Å². The molecular weight excluding hydrogens is 166 g/mol. The van der Waals surface area contributed by atoms with E-state index in [1.807, 2.05) is 11.8 Å². The summed E-state index contributed by atoms with van der Waals surface area (Å²) >= 11 is 2.02. The molecule has 0 heterocycles. The predicted octanol–water partition coefficient (Wildman–Crippen LogP) is 2.91. The van der Waals surface area contributed by atoms with Gasteiger partial charge in [0.15, 0.2) is 0 Å². The second-order valence-corrected chi connectivity index (χ2v) is 4.54. The molecular formula is C10H23NS. The standard InChI is InChI=1S/C10H23NS/c1-4-6-7-8-11-10(3)9-12-5-2/h10-11H,4-9H2,1-3H3. The Morgan fingerprint density at radius 1 is 1.25 bits per heavy atom. The van der Waals surface area contributed by atoms with Crippen LogP contribution in [0.1, 0.15) is 40.0 Å². The quantitative estimate of drug-likeness (QED) is 0.589. The number of unbranched alkanes of at least 4 members (excludes halogenated alkanes) is 2. The smallest absolute Gasteiger partial charge is 0.0129 e. The van der Waals surface area contributed by atoms with Crippen LogP contribution in [0.5, 0.6) is 0 Å². The van der Waals surface area contributed by atoms with Crippen molar-refractivity contribution in [1.82, 2.24) is 5.32 Å². The van der Waals surface area contributed by atoms with Crippen LogP contribution in [-0.2, 0) is 0 Å². The number of hydrogen-bond acceptors (Lipinski definition) is 2. The van der Waals surface area contributed by atoms with E-state index in [9.17, 15) is 0 Å². The van der Waals surface area contributed by atoms with E-state index in [4.69, 9.17) is 0 Å². The number of thioether (sulfide) groups is 1. The lowest BCUT2D eigenvalue weighted by molar-refractivity contribution is 0.559. The van der Waals surface area contributed by atoms with Crippen molar-refractivity contribution >= 4 is 11.8 Å². The van der Waals surface area contributed by atoms with E-state index >= 15 is 0 Å². The molecule has 0 spiro atoms. The van der Waals surface area contributed by atoms with Crippen molar-refractivity contribution in [1.29, 1.82) is 0 Å². The molecule has 1 unspecified atom stereocenters. The number of hydrogen-bond donors (Lipinski definition) is 1. The van der Waals surface area contributed by atoms with Crippen LogP contribution in [0.4, 0.5) is 0 Å². The van der Waals surface area contributed by atoms with Gasteiger partial charge >= 0.3 is 0 Å². The van der Waals surface area contributed by atoms with Crippen LogP contribution in [0, 0.1) is 0 Å². The van der Waals surface area contributed by atoms with Crippen molar-refractivity contribution < 1.29 is 0 Å². The third-order valence-corrected chi connectivity index (χ3v) is 2.99. The van der Waals surface area contributed by atoms with E-state index < -0.39 is 0 Å². The van der Waals surface area contributed by atoms with Crippen LogP contribution in [-0.4, -0.2) is 24.1 Å². The first-order valence-electron chi connectivity index (χ1n) is 5.12. The Balaban J connectivity index is 3.02. The van der Waals surface area contributed by atoms with Crippen molar-refractivity contribution in [2.24, 2.45) is 0 Å². The van der Waals surface area contributed by atoms with Gasteiger partial charge in [-0.25, -0.2) is 0 Å². The summed E-state index contributed by atoms with van der Waals surface area (Å²) in [7, 11) is 0. The Labute approximate surface area is 81.7 Å². The molecule has 0 radical (unpaired) electrons.